The van der Waals surface area contributed by atoms with E-state index < -0.39 is 11.2 Å². The third-order valence-electron chi connectivity index (χ3n) is 4.07. The Morgan fingerprint density at radius 1 is 1.38 bits per heavy atom. The maximum absolute atomic E-state index is 12.3. The highest BCUT2D eigenvalue weighted by Crippen LogP contribution is 2.31. The van der Waals surface area contributed by atoms with Crippen LogP contribution in [0.1, 0.15) is 22.3 Å². The molecule has 0 spiro atoms. The number of ether oxygens (including phenoxy) is 1. The summed E-state index contributed by atoms with van der Waals surface area (Å²) >= 11 is 1.50. The first-order chi connectivity index (χ1) is 11.5. The molecule has 0 bridgehead atoms. The molecule has 3 rings (SSSR count). The first kappa shape index (κ1) is 16.4. The van der Waals surface area contributed by atoms with Crippen LogP contribution in [0.2, 0.25) is 0 Å². The highest BCUT2D eigenvalue weighted by molar-refractivity contribution is 7.09. The van der Waals surface area contributed by atoms with Crippen LogP contribution in [0, 0.1) is 18.3 Å². The van der Waals surface area contributed by atoms with Crippen LogP contribution in [-0.4, -0.2) is 33.9 Å². The zero-order chi connectivity index (χ0) is 17.4. The normalized spacial score (nSPS) is 17.8. The molecule has 1 aliphatic rings. The molecule has 8 nitrogen and oxygen atoms in total. The van der Waals surface area contributed by atoms with Crippen molar-refractivity contribution in [3.8, 4) is 6.07 Å². The second-order valence-electron chi connectivity index (χ2n) is 5.63. The third-order valence-corrected chi connectivity index (χ3v) is 5.13. The SMILES string of the molecule is Cc1csc(C2COCCN2c2c(C#N)c(=O)n(C)c(=O)n2C)n1. The van der Waals surface area contributed by atoms with Gasteiger partial charge < -0.3 is 9.64 Å². The highest BCUT2D eigenvalue weighted by atomic mass is 32.1. The van der Waals surface area contributed by atoms with Crippen molar-refractivity contribution in [2.45, 2.75) is 13.0 Å². The molecular weight excluding hydrogens is 330 g/mol. The van der Waals surface area contributed by atoms with Crippen LogP contribution in [0.25, 0.3) is 0 Å². The Labute approximate surface area is 142 Å². The van der Waals surface area contributed by atoms with E-state index in [1.165, 1.54) is 23.0 Å². The number of thiazole rings is 1. The molecule has 2 aromatic rings. The fourth-order valence-electron chi connectivity index (χ4n) is 2.85. The van der Waals surface area contributed by atoms with Gasteiger partial charge in [-0.3, -0.25) is 13.9 Å². The summed E-state index contributed by atoms with van der Waals surface area (Å²) < 4.78 is 7.86. The quantitative estimate of drug-likeness (QED) is 0.776. The molecule has 1 saturated heterocycles. The Bertz CT molecular complexity index is 936. The summed E-state index contributed by atoms with van der Waals surface area (Å²) in [6, 6.07) is 1.72. The van der Waals surface area contributed by atoms with Gasteiger partial charge in [0.1, 0.15) is 22.9 Å². The van der Waals surface area contributed by atoms with Crippen LogP contribution >= 0.6 is 11.3 Å². The van der Waals surface area contributed by atoms with Crippen LogP contribution in [0.15, 0.2) is 15.0 Å². The van der Waals surface area contributed by atoms with E-state index >= 15 is 0 Å². The molecule has 126 valence electrons. The van der Waals surface area contributed by atoms with Gasteiger partial charge in [-0.15, -0.1) is 11.3 Å². The maximum Gasteiger partial charge on any atom is 0.332 e. The standard InChI is InChI=1S/C15H17N5O3S/c1-9-8-24-12(17-9)11-7-23-5-4-20(11)13-10(6-16)14(21)19(3)15(22)18(13)2/h8,11H,4-5,7H2,1-3H3. The number of nitrogens with zero attached hydrogens (tertiary/aromatic N) is 5. The molecular formula is C15H17N5O3S. The predicted molar refractivity (Wildman–Crippen MR) is 89.4 cm³/mol. The minimum atomic E-state index is -0.587. The van der Waals surface area contributed by atoms with Gasteiger partial charge in [0.25, 0.3) is 5.56 Å². The van der Waals surface area contributed by atoms with Crippen LogP contribution in [0.5, 0.6) is 0 Å². The lowest BCUT2D eigenvalue weighted by atomic mass is 10.2. The number of aromatic nitrogens is 3. The molecule has 0 aromatic carbocycles. The fraction of sp³-hybridized carbons (Fsp3) is 0.467. The van der Waals surface area contributed by atoms with Gasteiger partial charge in [-0.05, 0) is 6.92 Å². The van der Waals surface area contributed by atoms with Gasteiger partial charge in [0.05, 0.1) is 13.2 Å². The third kappa shape index (κ3) is 2.53. The Morgan fingerprint density at radius 3 is 2.75 bits per heavy atom. The number of nitriles is 1. The number of hydrogen-bond acceptors (Lipinski definition) is 7. The van der Waals surface area contributed by atoms with E-state index in [2.05, 4.69) is 4.98 Å². The smallest absolute Gasteiger partial charge is 0.332 e. The Kier molecular flexibility index (Phi) is 4.26. The van der Waals surface area contributed by atoms with Gasteiger partial charge in [-0.2, -0.15) is 5.26 Å². The van der Waals surface area contributed by atoms with Crippen molar-refractivity contribution >= 4 is 17.2 Å². The van der Waals surface area contributed by atoms with E-state index in [1.54, 1.807) is 7.05 Å². The maximum atomic E-state index is 12.3. The van der Waals surface area contributed by atoms with Crippen molar-refractivity contribution in [3.63, 3.8) is 0 Å². The minimum Gasteiger partial charge on any atom is -0.377 e. The van der Waals surface area contributed by atoms with E-state index in [0.717, 1.165) is 15.3 Å². The molecule has 9 heteroatoms. The Hall–Kier alpha value is -2.44. The Morgan fingerprint density at radius 2 is 2.12 bits per heavy atom. The average Bonchev–Trinajstić information content (AvgIpc) is 3.02. The van der Waals surface area contributed by atoms with Gasteiger partial charge in [0.15, 0.2) is 5.56 Å². The minimum absolute atomic E-state index is 0.0419. The van der Waals surface area contributed by atoms with Crippen molar-refractivity contribution in [2.24, 2.45) is 14.1 Å². The average molecular weight is 347 g/mol. The Balaban J connectivity index is 2.21. The number of aryl methyl sites for hydroxylation is 1. The zero-order valence-electron chi connectivity index (χ0n) is 13.6. The van der Waals surface area contributed by atoms with E-state index in [0.29, 0.717) is 25.6 Å². The highest BCUT2D eigenvalue weighted by Gasteiger charge is 2.32. The molecule has 3 heterocycles. The lowest BCUT2D eigenvalue weighted by Crippen LogP contribution is -2.47. The van der Waals surface area contributed by atoms with Crippen LogP contribution in [0.4, 0.5) is 5.82 Å². The summed E-state index contributed by atoms with van der Waals surface area (Å²) in [5, 5.41) is 12.3. The van der Waals surface area contributed by atoms with Crippen LogP contribution in [0.3, 0.4) is 0 Å². The van der Waals surface area contributed by atoms with E-state index in [-0.39, 0.29) is 11.6 Å². The summed E-state index contributed by atoms with van der Waals surface area (Å²) in [6.45, 7) is 3.22. The van der Waals surface area contributed by atoms with Gasteiger partial charge in [0.2, 0.25) is 0 Å². The van der Waals surface area contributed by atoms with Gasteiger partial charge in [-0.1, -0.05) is 0 Å². The zero-order valence-corrected chi connectivity index (χ0v) is 14.5. The van der Waals surface area contributed by atoms with Crippen molar-refractivity contribution in [3.05, 3.63) is 42.5 Å². The molecule has 0 N–H and O–H groups in total. The van der Waals surface area contributed by atoms with Gasteiger partial charge >= 0.3 is 5.69 Å². The van der Waals surface area contributed by atoms with E-state index in [1.807, 2.05) is 23.3 Å². The second kappa shape index (κ2) is 6.22. The van der Waals surface area contributed by atoms with Gasteiger partial charge in [0, 0.05) is 31.7 Å². The molecule has 1 fully saturated rings. The molecule has 2 aromatic heterocycles. The number of morpholine rings is 1. The lowest BCUT2D eigenvalue weighted by molar-refractivity contribution is 0.0931. The summed E-state index contributed by atoms with van der Waals surface area (Å²) in [4.78, 5) is 31.0. The molecule has 0 aliphatic carbocycles. The summed E-state index contributed by atoms with van der Waals surface area (Å²) in [5.41, 5.74) is -0.190. The summed E-state index contributed by atoms with van der Waals surface area (Å²) in [7, 11) is 2.94. The van der Waals surface area contributed by atoms with E-state index in [4.69, 9.17) is 4.74 Å². The monoisotopic (exact) mass is 347 g/mol. The van der Waals surface area contributed by atoms with Crippen LogP contribution < -0.4 is 16.1 Å². The topological polar surface area (TPSA) is 93.1 Å². The molecule has 0 radical (unpaired) electrons. The summed E-state index contributed by atoms with van der Waals surface area (Å²) in [6.07, 6.45) is 0. The molecule has 0 amide bonds. The molecule has 24 heavy (non-hydrogen) atoms. The number of anilines is 1. The lowest BCUT2D eigenvalue weighted by Gasteiger charge is -2.37. The first-order valence-electron chi connectivity index (χ1n) is 7.42. The molecule has 1 aliphatic heterocycles. The molecule has 0 saturated carbocycles. The van der Waals surface area contributed by atoms with E-state index in [9.17, 15) is 14.9 Å². The second-order valence-corrected chi connectivity index (χ2v) is 6.52. The van der Waals surface area contributed by atoms with Crippen molar-refractivity contribution in [1.82, 2.24) is 14.1 Å². The first-order valence-corrected chi connectivity index (χ1v) is 8.30. The van der Waals surface area contributed by atoms with Crippen LogP contribution in [-0.2, 0) is 18.8 Å². The largest absolute Gasteiger partial charge is 0.377 e. The van der Waals surface area contributed by atoms with Crippen molar-refractivity contribution < 1.29 is 4.74 Å². The van der Waals surface area contributed by atoms with Crippen molar-refractivity contribution in [2.75, 3.05) is 24.7 Å². The molecule has 1 atom stereocenters. The fourth-order valence-corrected chi connectivity index (χ4v) is 3.75. The number of hydrogen-bond donors (Lipinski definition) is 0. The van der Waals surface area contributed by atoms with Crippen molar-refractivity contribution in [1.29, 1.82) is 5.26 Å². The number of rotatable bonds is 2. The predicted octanol–water partition coefficient (Wildman–Crippen LogP) is 0.298. The van der Waals surface area contributed by atoms with Gasteiger partial charge in [-0.25, -0.2) is 9.78 Å². The summed E-state index contributed by atoms with van der Waals surface area (Å²) in [5.74, 6) is 0.326. The molecule has 1 unspecified atom stereocenters.